The van der Waals surface area contributed by atoms with Crippen LogP contribution in [0.1, 0.15) is 62.3 Å². The quantitative estimate of drug-likeness (QED) is 0.889. The van der Waals surface area contributed by atoms with Crippen LogP contribution in [0, 0.1) is 19.8 Å². The number of aryl methyl sites for hydroxylation is 2. The maximum atomic E-state index is 6.68. The minimum atomic E-state index is -0.174. The van der Waals surface area contributed by atoms with Crippen LogP contribution in [0.3, 0.4) is 0 Å². The van der Waals surface area contributed by atoms with Crippen LogP contribution in [0.25, 0.3) is 0 Å². The molecule has 1 saturated carbocycles. The number of rotatable bonds is 4. The van der Waals surface area contributed by atoms with E-state index < -0.39 is 0 Å². The van der Waals surface area contributed by atoms with E-state index in [1.54, 1.807) is 0 Å². The highest BCUT2D eigenvalue weighted by Gasteiger charge is 2.42. The molecule has 2 heteroatoms. The lowest BCUT2D eigenvalue weighted by Gasteiger charge is -2.44. The zero-order valence-electron chi connectivity index (χ0n) is 13.4. The van der Waals surface area contributed by atoms with Crippen LogP contribution >= 0.6 is 0 Å². The molecule has 0 spiro atoms. The highest BCUT2D eigenvalue weighted by molar-refractivity contribution is 5.34. The van der Waals surface area contributed by atoms with Gasteiger partial charge in [0.05, 0.1) is 11.6 Å². The maximum Gasteiger partial charge on any atom is 0.0876 e. The average molecular weight is 275 g/mol. The summed E-state index contributed by atoms with van der Waals surface area (Å²) in [5, 5.41) is 0. The number of hydrogen-bond donors (Lipinski definition) is 1. The van der Waals surface area contributed by atoms with Crippen molar-refractivity contribution in [3.63, 3.8) is 0 Å². The normalized spacial score (nSPS) is 28.4. The molecule has 112 valence electrons. The second kappa shape index (κ2) is 6.28. The first-order chi connectivity index (χ1) is 9.48. The van der Waals surface area contributed by atoms with E-state index in [1.165, 1.54) is 29.5 Å². The Hall–Kier alpha value is -0.860. The van der Waals surface area contributed by atoms with Crippen LogP contribution in [0.2, 0.25) is 0 Å². The molecular weight excluding hydrogens is 246 g/mol. The van der Waals surface area contributed by atoms with E-state index in [9.17, 15) is 0 Å². The van der Waals surface area contributed by atoms with Gasteiger partial charge in [0.1, 0.15) is 0 Å². The van der Waals surface area contributed by atoms with Gasteiger partial charge in [-0.3, -0.25) is 0 Å². The second-order valence-corrected chi connectivity index (χ2v) is 6.54. The summed E-state index contributed by atoms with van der Waals surface area (Å²) in [6, 6.07) is 6.55. The SMILES string of the molecule is CCOC1(C(N)c2ccc(C)cc2C)CCCC(C)C1. The first kappa shape index (κ1) is 15.5. The lowest BCUT2D eigenvalue weighted by Crippen LogP contribution is -2.47. The summed E-state index contributed by atoms with van der Waals surface area (Å²) in [4.78, 5) is 0. The van der Waals surface area contributed by atoms with Crippen molar-refractivity contribution in [1.82, 2.24) is 0 Å². The summed E-state index contributed by atoms with van der Waals surface area (Å²) in [6.07, 6.45) is 4.68. The Balaban J connectivity index is 2.32. The van der Waals surface area contributed by atoms with E-state index in [0.717, 1.165) is 19.4 Å². The molecule has 0 bridgehead atoms. The molecule has 2 rings (SSSR count). The predicted molar refractivity (Wildman–Crippen MR) is 84.8 cm³/mol. The summed E-state index contributed by atoms with van der Waals surface area (Å²) < 4.78 is 6.22. The van der Waals surface area contributed by atoms with Crippen molar-refractivity contribution < 1.29 is 4.74 Å². The van der Waals surface area contributed by atoms with Crippen molar-refractivity contribution in [2.75, 3.05) is 6.61 Å². The van der Waals surface area contributed by atoms with Gasteiger partial charge in [0, 0.05) is 6.61 Å². The monoisotopic (exact) mass is 275 g/mol. The lowest BCUT2D eigenvalue weighted by molar-refractivity contribution is -0.0939. The van der Waals surface area contributed by atoms with Gasteiger partial charge in [-0.2, -0.15) is 0 Å². The first-order valence-electron chi connectivity index (χ1n) is 7.95. The van der Waals surface area contributed by atoms with Gasteiger partial charge in [-0.15, -0.1) is 0 Å². The second-order valence-electron chi connectivity index (χ2n) is 6.54. The van der Waals surface area contributed by atoms with E-state index >= 15 is 0 Å². The molecule has 2 N–H and O–H groups in total. The third-order valence-corrected chi connectivity index (χ3v) is 4.75. The molecule has 3 unspecified atom stereocenters. The smallest absolute Gasteiger partial charge is 0.0876 e. The Morgan fingerprint density at radius 3 is 2.75 bits per heavy atom. The molecule has 3 atom stereocenters. The molecule has 1 aromatic rings. The fraction of sp³-hybridized carbons (Fsp3) is 0.667. The molecule has 1 aliphatic rings. The van der Waals surface area contributed by atoms with Crippen LogP contribution in [-0.2, 0) is 4.74 Å². The molecule has 1 fully saturated rings. The molecular formula is C18H29NO. The number of ether oxygens (including phenoxy) is 1. The minimum absolute atomic E-state index is 0.0224. The van der Waals surface area contributed by atoms with Crippen LogP contribution in [-0.4, -0.2) is 12.2 Å². The zero-order valence-corrected chi connectivity index (χ0v) is 13.4. The maximum absolute atomic E-state index is 6.68. The number of benzene rings is 1. The summed E-state index contributed by atoms with van der Waals surface area (Å²) in [5.74, 6) is 0.701. The Morgan fingerprint density at radius 1 is 1.40 bits per heavy atom. The summed E-state index contributed by atoms with van der Waals surface area (Å²) >= 11 is 0. The molecule has 0 amide bonds. The van der Waals surface area contributed by atoms with E-state index in [2.05, 4.69) is 45.9 Å². The van der Waals surface area contributed by atoms with Crippen molar-refractivity contribution in [2.24, 2.45) is 11.7 Å². The van der Waals surface area contributed by atoms with Crippen molar-refractivity contribution in [1.29, 1.82) is 0 Å². The largest absolute Gasteiger partial charge is 0.373 e. The van der Waals surface area contributed by atoms with E-state index in [1.807, 2.05) is 0 Å². The number of hydrogen-bond acceptors (Lipinski definition) is 2. The van der Waals surface area contributed by atoms with Gasteiger partial charge in [-0.25, -0.2) is 0 Å². The lowest BCUT2D eigenvalue weighted by atomic mass is 9.72. The Kier molecular flexibility index (Phi) is 4.87. The van der Waals surface area contributed by atoms with Crippen molar-refractivity contribution in [3.05, 3.63) is 34.9 Å². The molecule has 0 aromatic heterocycles. The zero-order chi connectivity index (χ0) is 14.8. The summed E-state index contributed by atoms with van der Waals surface area (Å²) in [7, 11) is 0. The third kappa shape index (κ3) is 3.07. The van der Waals surface area contributed by atoms with Gasteiger partial charge in [-0.05, 0) is 50.7 Å². The van der Waals surface area contributed by atoms with Crippen molar-refractivity contribution >= 4 is 0 Å². The van der Waals surface area contributed by atoms with Crippen molar-refractivity contribution in [3.8, 4) is 0 Å². The van der Waals surface area contributed by atoms with Crippen LogP contribution in [0.15, 0.2) is 18.2 Å². The third-order valence-electron chi connectivity index (χ3n) is 4.75. The van der Waals surface area contributed by atoms with E-state index in [4.69, 9.17) is 10.5 Å². The highest BCUT2D eigenvalue weighted by Crippen LogP contribution is 2.43. The molecule has 0 heterocycles. The van der Waals surface area contributed by atoms with Gasteiger partial charge >= 0.3 is 0 Å². The summed E-state index contributed by atoms with van der Waals surface area (Å²) in [6.45, 7) is 9.43. The van der Waals surface area contributed by atoms with E-state index in [-0.39, 0.29) is 11.6 Å². The summed E-state index contributed by atoms with van der Waals surface area (Å²) in [5.41, 5.74) is 10.3. The van der Waals surface area contributed by atoms with Gasteiger partial charge in [0.2, 0.25) is 0 Å². The van der Waals surface area contributed by atoms with E-state index in [0.29, 0.717) is 5.92 Å². The molecule has 1 aromatic carbocycles. The average Bonchev–Trinajstić information content (AvgIpc) is 2.38. The minimum Gasteiger partial charge on any atom is -0.373 e. The van der Waals surface area contributed by atoms with Crippen LogP contribution in [0.4, 0.5) is 0 Å². The Labute approximate surface area is 123 Å². The van der Waals surface area contributed by atoms with Gasteiger partial charge in [0.15, 0.2) is 0 Å². The fourth-order valence-corrected chi connectivity index (χ4v) is 3.79. The molecule has 20 heavy (non-hydrogen) atoms. The predicted octanol–water partition coefficient (Wildman–Crippen LogP) is 4.29. The number of nitrogens with two attached hydrogens (primary N) is 1. The Morgan fingerprint density at radius 2 is 2.15 bits per heavy atom. The van der Waals surface area contributed by atoms with Gasteiger partial charge < -0.3 is 10.5 Å². The first-order valence-corrected chi connectivity index (χ1v) is 7.95. The van der Waals surface area contributed by atoms with Crippen molar-refractivity contribution in [2.45, 2.75) is 65.0 Å². The highest BCUT2D eigenvalue weighted by atomic mass is 16.5. The molecule has 2 nitrogen and oxygen atoms in total. The standard InChI is InChI=1S/C18H29NO/c1-5-20-18(10-6-7-14(3)12-18)17(19)16-9-8-13(2)11-15(16)4/h8-9,11,14,17H,5-7,10,12,19H2,1-4H3. The molecule has 1 aliphatic carbocycles. The van der Waals surface area contributed by atoms with Gasteiger partial charge in [-0.1, -0.05) is 43.5 Å². The van der Waals surface area contributed by atoms with Crippen LogP contribution in [0.5, 0.6) is 0 Å². The van der Waals surface area contributed by atoms with Crippen LogP contribution < -0.4 is 5.73 Å². The molecule has 0 aliphatic heterocycles. The fourth-order valence-electron chi connectivity index (χ4n) is 3.79. The molecule has 0 radical (unpaired) electrons. The Bertz CT molecular complexity index is 453. The molecule has 0 saturated heterocycles. The van der Waals surface area contributed by atoms with Gasteiger partial charge in [0.25, 0.3) is 0 Å². The topological polar surface area (TPSA) is 35.2 Å².